The van der Waals surface area contributed by atoms with Gasteiger partial charge >= 0.3 is 16.4 Å². The number of aromatic nitrogens is 7. The first-order valence-electron chi connectivity index (χ1n) is 14.8. The minimum Gasteiger partial charge on any atom is -0.481 e. The van der Waals surface area contributed by atoms with Gasteiger partial charge in [-0.1, -0.05) is 29.5 Å². The lowest BCUT2D eigenvalue weighted by Crippen LogP contribution is -2.41. The van der Waals surface area contributed by atoms with E-state index in [0.717, 1.165) is 5.56 Å². The zero-order valence-corrected chi connectivity index (χ0v) is 26.9. The highest BCUT2D eigenvalue weighted by molar-refractivity contribution is 7.80. The van der Waals surface area contributed by atoms with Crippen LogP contribution in [0.5, 0.6) is 0 Å². The van der Waals surface area contributed by atoms with Crippen LogP contribution in [0.3, 0.4) is 0 Å². The first-order valence-corrected chi connectivity index (χ1v) is 16.2. The Morgan fingerprint density at radius 3 is 2.51 bits per heavy atom. The first-order chi connectivity index (χ1) is 23.2. The van der Waals surface area contributed by atoms with Gasteiger partial charge in [-0.15, -0.1) is 5.10 Å². The van der Waals surface area contributed by atoms with Crippen LogP contribution in [0.1, 0.15) is 53.5 Å². The number of rotatable bonds is 18. The van der Waals surface area contributed by atoms with Crippen molar-refractivity contribution in [1.82, 2.24) is 40.2 Å². The molecule has 0 aliphatic heterocycles. The molecule has 20 heteroatoms. The Bertz CT molecular complexity index is 2010. The molecule has 4 aromatic rings. The van der Waals surface area contributed by atoms with Gasteiger partial charge in [0.25, 0.3) is 5.56 Å². The number of ketones is 2. The fourth-order valence-electron chi connectivity index (χ4n) is 4.73. The van der Waals surface area contributed by atoms with Crippen LogP contribution in [0.25, 0.3) is 11.2 Å². The number of carbonyl (C=O) groups is 4. The van der Waals surface area contributed by atoms with E-state index < -0.39 is 58.0 Å². The number of anilines is 1. The molecule has 1 amide bonds. The maximum atomic E-state index is 12.9. The number of benzene rings is 1. The van der Waals surface area contributed by atoms with E-state index in [1.54, 1.807) is 24.3 Å². The van der Waals surface area contributed by atoms with E-state index in [4.69, 9.17) is 10.3 Å². The highest BCUT2D eigenvalue weighted by atomic mass is 32.3. The van der Waals surface area contributed by atoms with Crippen LogP contribution >= 0.6 is 0 Å². The van der Waals surface area contributed by atoms with Gasteiger partial charge in [0.1, 0.15) is 0 Å². The lowest BCUT2D eigenvalue weighted by Gasteiger charge is -2.16. The maximum absolute atomic E-state index is 12.9. The van der Waals surface area contributed by atoms with Crippen molar-refractivity contribution < 1.29 is 41.4 Å². The Kier molecular flexibility index (Phi) is 11.9. The van der Waals surface area contributed by atoms with Gasteiger partial charge in [0, 0.05) is 31.0 Å². The van der Waals surface area contributed by atoms with E-state index >= 15 is 0 Å². The number of fused-ring (bicyclic) bond motifs is 1. The van der Waals surface area contributed by atoms with E-state index in [0.29, 0.717) is 29.8 Å². The number of amides is 1. The molecule has 1 aromatic carbocycles. The highest BCUT2D eigenvalue weighted by Crippen LogP contribution is 2.18. The quantitative estimate of drug-likeness (QED) is 0.0667. The van der Waals surface area contributed by atoms with Crippen molar-refractivity contribution in [3.63, 3.8) is 0 Å². The second-order valence-corrected chi connectivity index (χ2v) is 12.1. The second-order valence-electron chi connectivity index (χ2n) is 11.0. The van der Waals surface area contributed by atoms with Crippen LogP contribution in [0.15, 0.2) is 41.5 Å². The van der Waals surface area contributed by atoms with Gasteiger partial charge in [-0.25, -0.2) is 18.8 Å². The predicted octanol–water partition coefficient (Wildman–Crippen LogP) is -0.138. The second kappa shape index (κ2) is 16.1. The van der Waals surface area contributed by atoms with Crippen molar-refractivity contribution in [2.75, 3.05) is 12.3 Å². The van der Waals surface area contributed by atoms with Crippen molar-refractivity contribution in [2.45, 2.75) is 58.0 Å². The molecule has 0 bridgehead atoms. The number of nitrogens with zero attached hydrogens (tertiary/aromatic N) is 6. The molecule has 49 heavy (non-hydrogen) atoms. The van der Waals surface area contributed by atoms with E-state index in [1.807, 2.05) is 0 Å². The Morgan fingerprint density at radius 1 is 1.10 bits per heavy atom. The molecule has 6 N–H and O–H groups in total. The average Bonchev–Trinajstić information content (AvgIpc) is 3.48. The number of nitrogens with one attached hydrogen (secondary N) is 2. The van der Waals surface area contributed by atoms with Crippen LogP contribution in [-0.4, -0.2) is 89.1 Å². The van der Waals surface area contributed by atoms with Gasteiger partial charge in [-0.2, -0.15) is 13.4 Å². The van der Waals surface area contributed by atoms with E-state index in [-0.39, 0.29) is 49.3 Å². The third-order valence-corrected chi connectivity index (χ3v) is 7.78. The molecule has 0 aliphatic rings. The minimum absolute atomic E-state index is 0.0421. The zero-order chi connectivity index (χ0) is 35.7. The molecule has 3 heterocycles. The van der Waals surface area contributed by atoms with Gasteiger partial charge in [0.05, 0.1) is 42.7 Å². The summed E-state index contributed by atoms with van der Waals surface area (Å²) < 4.78 is 35.4. The van der Waals surface area contributed by atoms with Gasteiger partial charge < -0.3 is 16.2 Å². The molecule has 3 aromatic heterocycles. The summed E-state index contributed by atoms with van der Waals surface area (Å²) in [5.41, 5.74) is 7.27. The van der Waals surface area contributed by atoms with Crippen molar-refractivity contribution >= 4 is 51.0 Å². The Balaban J connectivity index is 1.26. The largest absolute Gasteiger partial charge is 0.481 e. The van der Waals surface area contributed by atoms with E-state index in [2.05, 4.69) is 39.7 Å². The number of aryl methyl sites for hydroxylation is 2. The molecule has 0 saturated heterocycles. The number of nitrogen functional groups attached to an aromatic ring is 1. The Morgan fingerprint density at radius 2 is 1.84 bits per heavy atom. The minimum atomic E-state index is -4.61. The number of aliphatic carboxylic acids is 1. The SMILES string of the molecule is CC(=O)[C@H](Cc1cn(CCOS(=O)(=O)O)nn1)NC(=O)CC[C@H](CC(=O)c1ccc(CCc2cnc3nc(N)[nH]c(=O)c3n2)cc1)C(=O)O. The van der Waals surface area contributed by atoms with Gasteiger partial charge in [0.15, 0.2) is 22.7 Å². The zero-order valence-electron chi connectivity index (χ0n) is 26.1. The fourth-order valence-corrected chi connectivity index (χ4v) is 5.02. The highest BCUT2D eigenvalue weighted by Gasteiger charge is 2.25. The smallest absolute Gasteiger partial charge is 0.397 e. The normalized spacial score (nSPS) is 12.8. The lowest BCUT2D eigenvalue weighted by atomic mass is 9.93. The van der Waals surface area contributed by atoms with Crippen LogP contribution in [-0.2, 0) is 54.8 Å². The first kappa shape index (κ1) is 36.4. The molecule has 0 saturated carbocycles. The molecule has 260 valence electrons. The summed E-state index contributed by atoms with van der Waals surface area (Å²) >= 11 is 0. The summed E-state index contributed by atoms with van der Waals surface area (Å²) in [6.07, 6.45) is 3.07. The average molecular weight is 700 g/mol. The summed E-state index contributed by atoms with van der Waals surface area (Å²) in [6, 6.07) is 5.63. The van der Waals surface area contributed by atoms with Crippen molar-refractivity contribution in [3.05, 3.63) is 69.5 Å². The Labute approximate surface area is 278 Å². The molecule has 4 rings (SSSR count). The van der Waals surface area contributed by atoms with E-state index in [9.17, 15) is 37.5 Å². The number of H-pyrrole nitrogens is 1. The monoisotopic (exact) mass is 699 g/mol. The molecule has 0 radical (unpaired) electrons. The summed E-state index contributed by atoms with van der Waals surface area (Å²) in [5, 5.41) is 19.9. The van der Waals surface area contributed by atoms with Crippen LogP contribution in [0.4, 0.5) is 5.95 Å². The molecular formula is C29H33N9O10S. The molecular weight excluding hydrogens is 666 g/mol. The number of hydrogen-bond acceptors (Lipinski definition) is 14. The summed E-state index contributed by atoms with van der Waals surface area (Å²) in [5.74, 6) is -3.87. The summed E-state index contributed by atoms with van der Waals surface area (Å²) in [7, 11) is -4.61. The maximum Gasteiger partial charge on any atom is 0.397 e. The molecule has 19 nitrogen and oxygen atoms in total. The Hall–Kier alpha value is -5.47. The van der Waals surface area contributed by atoms with Gasteiger partial charge in [-0.05, 0) is 31.7 Å². The standard InChI is InChI=1S/C29H33N9O10S/c1-16(39)22(13-21-15-38(37-36-21)10-11-48-49(45,46)47)33-24(41)9-7-19(28(43)44)12-23(40)18-5-2-17(3-6-18)4-8-20-14-31-26-25(32-20)27(42)35-29(30)34-26/h2-3,5-6,14-15,19,22H,4,7-13H2,1H3,(H,33,41)(H,43,44)(H,45,46,47)(H3,30,31,34,35,42)/t19-,22+/m1/s1. The van der Waals surface area contributed by atoms with Crippen molar-refractivity contribution in [2.24, 2.45) is 5.92 Å². The van der Waals surface area contributed by atoms with Crippen LogP contribution in [0.2, 0.25) is 0 Å². The predicted molar refractivity (Wildman–Crippen MR) is 169 cm³/mol. The number of hydrogen-bond donors (Lipinski definition) is 5. The van der Waals surface area contributed by atoms with Crippen LogP contribution in [0, 0.1) is 5.92 Å². The van der Waals surface area contributed by atoms with Crippen molar-refractivity contribution in [1.29, 1.82) is 0 Å². The van der Waals surface area contributed by atoms with E-state index in [1.165, 1.54) is 24.0 Å². The number of carbonyl (C=O) groups excluding carboxylic acids is 3. The molecule has 0 unspecified atom stereocenters. The number of carboxylic acid groups (broad SMARTS) is 1. The molecule has 0 fully saturated rings. The molecule has 2 atom stereocenters. The molecule has 0 spiro atoms. The molecule has 0 aliphatic carbocycles. The van der Waals surface area contributed by atoms with Gasteiger partial charge in [-0.3, -0.25) is 33.5 Å². The number of nitrogens with two attached hydrogens (primary N) is 1. The third-order valence-electron chi connectivity index (χ3n) is 7.31. The lowest BCUT2D eigenvalue weighted by molar-refractivity contribution is -0.142. The number of carboxylic acids is 1. The van der Waals surface area contributed by atoms with Crippen LogP contribution < -0.4 is 16.6 Å². The van der Waals surface area contributed by atoms with Crippen molar-refractivity contribution in [3.8, 4) is 0 Å². The third kappa shape index (κ3) is 11.0. The fraction of sp³-hybridized carbons (Fsp3) is 0.379. The topological polar surface area (TPSA) is 292 Å². The number of aromatic amines is 1. The number of Topliss-reactive ketones (excluding diaryl/α,β-unsaturated/α-hetero) is 2. The van der Waals surface area contributed by atoms with Gasteiger partial charge in [0.2, 0.25) is 11.9 Å². The summed E-state index contributed by atoms with van der Waals surface area (Å²) in [4.78, 5) is 76.5. The summed E-state index contributed by atoms with van der Waals surface area (Å²) in [6.45, 7) is 0.786.